The SMILES string of the molecule is CN(C)CCCC1Cc2ccccc2C1.CNSI. The zero-order chi connectivity index (χ0) is 14.1. The molecule has 1 aromatic carbocycles. The van der Waals surface area contributed by atoms with E-state index in [1.807, 2.05) is 7.05 Å². The second-order valence-electron chi connectivity index (χ2n) is 5.27. The Kier molecular flexibility index (Phi) is 9.11. The molecule has 0 atom stereocenters. The third-order valence-electron chi connectivity index (χ3n) is 3.43. The summed E-state index contributed by atoms with van der Waals surface area (Å²) in [4.78, 5) is 2.28. The maximum absolute atomic E-state index is 2.83. The Morgan fingerprint density at radius 1 is 1.26 bits per heavy atom. The Morgan fingerprint density at radius 3 is 2.21 bits per heavy atom. The molecule has 108 valence electrons. The van der Waals surface area contributed by atoms with E-state index in [2.05, 4.69) is 69.2 Å². The molecule has 0 radical (unpaired) electrons. The fourth-order valence-corrected chi connectivity index (χ4v) is 2.55. The van der Waals surface area contributed by atoms with E-state index in [4.69, 9.17) is 0 Å². The summed E-state index contributed by atoms with van der Waals surface area (Å²) in [7, 11) is 7.77. The van der Waals surface area contributed by atoms with E-state index in [9.17, 15) is 0 Å². The third-order valence-corrected chi connectivity index (χ3v) is 4.91. The Hall–Kier alpha value is 0.220. The molecule has 2 rings (SSSR count). The van der Waals surface area contributed by atoms with Gasteiger partial charge in [0.25, 0.3) is 0 Å². The van der Waals surface area contributed by atoms with Gasteiger partial charge in [-0.15, -0.1) is 0 Å². The number of nitrogens with zero attached hydrogens (tertiary/aromatic N) is 1. The van der Waals surface area contributed by atoms with Crippen molar-refractivity contribution in [2.45, 2.75) is 25.7 Å². The largest absolute Gasteiger partial charge is 0.309 e. The van der Waals surface area contributed by atoms with E-state index in [-0.39, 0.29) is 0 Å². The van der Waals surface area contributed by atoms with Crippen molar-refractivity contribution < 1.29 is 0 Å². The molecule has 0 fully saturated rings. The normalized spacial score (nSPS) is 14.2. The van der Waals surface area contributed by atoms with Crippen LogP contribution in [-0.4, -0.2) is 32.6 Å². The van der Waals surface area contributed by atoms with Gasteiger partial charge in [0.05, 0.1) is 0 Å². The van der Waals surface area contributed by atoms with Crippen molar-refractivity contribution >= 4 is 30.3 Å². The lowest BCUT2D eigenvalue weighted by Crippen LogP contribution is -2.14. The van der Waals surface area contributed by atoms with Gasteiger partial charge in [0.15, 0.2) is 0 Å². The van der Waals surface area contributed by atoms with Gasteiger partial charge in [0.1, 0.15) is 0 Å². The van der Waals surface area contributed by atoms with Crippen LogP contribution < -0.4 is 4.72 Å². The fraction of sp³-hybridized carbons (Fsp3) is 0.600. The average Bonchev–Trinajstić information content (AvgIpc) is 2.81. The molecule has 0 bridgehead atoms. The molecule has 0 unspecified atom stereocenters. The van der Waals surface area contributed by atoms with Crippen molar-refractivity contribution in [3.8, 4) is 0 Å². The van der Waals surface area contributed by atoms with Crippen LogP contribution in [0.3, 0.4) is 0 Å². The predicted molar refractivity (Wildman–Crippen MR) is 95.8 cm³/mol. The lowest BCUT2D eigenvalue weighted by atomic mass is 10.0. The molecule has 0 heterocycles. The minimum atomic E-state index is 0.905. The molecule has 19 heavy (non-hydrogen) atoms. The van der Waals surface area contributed by atoms with Crippen LogP contribution in [0.15, 0.2) is 24.3 Å². The Bertz CT molecular complexity index is 331. The van der Waals surface area contributed by atoms with Gasteiger partial charge in [-0.3, -0.25) is 4.72 Å². The standard InChI is InChI=1S/C14H21N.CH4INS/c1-15(2)9-5-6-12-10-13-7-3-4-8-14(13)11-12;1-3-4-2/h3-4,7-8,12H,5-6,9-11H2,1-2H3;3H,1H3. The lowest BCUT2D eigenvalue weighted by Gasteiger charge is -2.12. The monoisotopic (exact) mass is 392 g/mol. The highest BCUT2D eigenvalue weighted by Crippen LogP contribution is 2.29. The highest BCUT2D eigenvalue weighted by Gasteiger charge is 2.19. The quantitative estimate of drug-likeness (QED) is 0.604. The molecule has 1 N–H and O–H groups in total. The van der Waals surface area contributed by atoms with Gasteiger partial charge in [-0.2, -0.15) is 0 Å². The number of hydrogen-bond acceptors (Lipinski definition) is 3. The zero-order valence-electron chi connectivity index (χ0n) is 12.2. The fourth-order valence-electron chi connectivity index (χ4n) is 2.55. The van der Waals surface area contributed by atoms with Gasteiger partial charge in [-0.05, 0) is 79.5 Å². The smallest absolute Gasteiger partial charge is 0.0143 e. The highest BCUT2D eigenvalue weighted by atomic mass is 127. The van der Waals surface area contributed by atoms with Crippen LogP contribution in [0.25, 0.3) is 0 Å². The Morgan fingerprint density at radius 2 is 1.79 bits per heavy atom. The van der Waals surface area contributed by atoms with Crippen LogP contribution in [0.4, 0.5) is 0 Å². The van der Waals surface area contributed by atoms with E-state index in [1.54, 1.807) is 20.2 Å². The number of fused-ring (bicyclic) bond motifs is 1. The summed E-state index contributed by atoms with van der Waals surface area (Å²) in [6.07, 6.45) is 5.34. The topological polar surface area (TPSA) is 15.3 Å². The van der Waals surface area contributed by atoms with Crippen LogP contribution >= 0.6 is 30.3 Å². The first-order chi connectivity index (χ1) is 9.17. The van der Waals surface area contributed by atoms with E-state index in [1.165, 1.54) is 32.2 Å². The van der Waals surface area contributed by atoms with Crippen LogP contribution in [0.2, 0.25) is 0 Å². The van der Waals surface area contributed by atoms with Crippen LogP contribution in [0, 0.1) is 5.92 Å². The summed E-state index contributed by atoms with van der Waals surface area (Å²) >= 11 is 2.16. The molecule has 2 nitrogen and oxygen atoms in total. The van der Waals surface area contributed by atoms with Gasteiger partial charge in [0.2, 0.25) is 0 Å². The first-order valence-electron chi connectivity index (χ1n) is 6.83. The molecule has 1 aromatic rings. The minimum Gasteiger partial charge on any atom is -0.309 e. The van der Waals surface area contributed by atoms with Crippen molar-refractivity contribution in [2.75, 3.05) is 27.7 Å². The Labute approximate surface area is 134 Å². The lowest BCUT2D eigenvalue weighted by molar-refractivity contribution is 0.369. The van der Waals surface area contributed by atoms with E-state index in [0.29, 0.717) is 0 Å². The molecule has 0 amide bonds. The molecule has 1 aliphatic carbocycles. The first kappa shape index (κ1) is 17.3. The van der Waals surface area contributed by atoms with Crippen LogP contribution in [0.1, 0.15) is 24.0 Å². The van der Waals surface area contributed by atoms with Crippen molar-refractivity contribution in [1.29, 1.82) is 0 Å². The van der Waals surface area contributed by atoms with Gasteiger partial charge < -0.3 is 4.90 Å². The average molecular weight is 392 g/mol. The first-order valence-corrected chi connectivity index (χ1v) is 10.2. The van der Waals surface area contributed by atoms with Crippen molar-refractivity contribution in [3.05, 3.63) is 35.4 Å². The summed E-state index contributed by atoms with van der Waals surface area (Å²) in [6, 6.07) is 8.92. The summed E-state index contributed by atoms with van der Waals surface area (Å²) < 4.78 is 2.83. The summed E-state index contributed by atoms with van der Waals surface area (Å²) in [6.45, 7) is 1.23. The number of benzene rings is 1. The molecule has 4 heteroatoms. The van der Waals surface area contributed by atoms with E-state index < -0.39 is 0 Å². The minimum absolute atomic E-state index is 0.905. The molecule has 0 saturated heterocycles. The number of rotatable bonds is 5. The molecular formula is C15H25IN2S. The van der Waals surface area contributed by atoms with Crippen molar-refractivity contribution in [2.24, 2.45) is 5.92 Å². The highest BCUT2D eigenvalue weighted by molar-refractivity contribution is 14.2. The van der Waals surface area contributed by atoms with Crippen LogP contribution in [0.5, 0.6) is 0 Å². The second-order valence-corrected chi connectivity index (χ2v) is 7.15. The molecule has 0 aromatic heterocycles. The maximum Gasteiger partial charge on any atom is 0.0143 e. The molecule has 0 saturated carbocycles. The predicted octanol–water partition coefficient (Wildman–Crippen LogP) is 3.95. The number of hydrogen-bond donors (Lipinski definition) is 1. The zero-order valence-corrected chi connectivity index (χ0v) is 15.1. The molecular weight excluding hydrogens is 367 g/mol. The van der Waals surface area contributed by atoms with Crippen LogP contribution in [-0.2, 0) is 12.8 Å². The molecule has 0 spiro atoms. The number of halogens is 1. The van der Waals surface area contributed by atoms with Gasteiger partial charge in [-0.1, -0.05) is 24.3 Å². The molecule has 1 aliphatic rings. The van der Waals surface area contributed by atoms with E-state index >= 15 is 0 Å². The van der Waals surface area contributed by atoms with Crippen molar-refractivity contribution in [3.63, 3.8) is 0 Å². The summed E-state index contributed by atoms with van der Waals surface area (Å²) in [5.41, 5.74) is 3.18. The van der Waals surface area contributed by atoms with E-state index in [0.717, 1.165) is 5.92 Å². The van der Waals surface area contributed by atoms with Crippen molar-refractivity contribution in [1.82, 2.24) is 9.62 Å². The van der Waals surface area contributed by atoms with Gasteiger partial charge in [0, 0.05) is 21.2 Å². The Balaban J connectivity index is 0.000000399. The second kappa shape index (κ2) is 10.0. The van der Waals surface area contributed by atoms with Gasteiger partial charge >= 0.3 is 0 Å². The maximum atomic E-state index is 2.83. The number of nitrogens with one attached hydrogen (secondary N) is 1. The summed E-state index contributed by atoms with van der Waals surface area (Å²) in [5.74, 6) is 0.905. The van der Waals surface area contributed by atoms with Gasteiger partial charge in [-0.25, -0.2) is 0 Å². The third kappa shape index (κ3) is 6.97. The molecule has 0 aliphatic heterocycles. The summed E-state index contributed by atoms with van der Waals surface area (Å²) in [5, 5.41) is 0.